The van der Waals surface area contributed by atoms with E-state index in [0.717, 1.165) is 6.07 Å². The second-order valence-electron chi connectivity index (χ2n) is 7.05. The lowest BCUT2D eigenvalue weighted by Gasteiger charge is -2.25. The van der Waals surface area contributed by atoms with E-state index >= 15 is 0 Å². The van der Waals surface area contributed by atoms with Crippen LogP contribution >= 0.6 is 0 Å². The molecule has 156 valence electrons. The molecule has 0 spiro atoms. The molecule has 30 heavy (non-hydrogen) atoms. The van der Waals surface area contributed by atoms with E-state index in [2.05, 4.69) is 0 Å². The van der Waals surface area contributed by atoms with Gasteiger partial charge in [0.2, 0.25) is 5.78 Å². The second kappa shape index (κ2) is 9.21. The van der Waals surface area contributed by atoms with Crippen molar-refractivity contribution in [3.63, 3.8) is 0 Å². The first-order chi connectivity index (χ1) is 14.4. The molecule has 0 amide bonds. The number of ketones is 1. The van der Waals surface area contributed by atoms with Gasteiger partial charge in [0.15, 0.2) is 6.29 Å². The molecule has 1 aliphatic rings. The summed E-state index contributed by atoms with van der Waals surface area (Å²) in [4.78, 5) is 46.9. The number of carbonyl (C=O) groups excluding carboxylic acids is 4. The van der Waals surface area contributed by atoms with Crippen molar-refractivity contribution < 1.29 is 38.9 Å². The van der Waals surface area contributed by atoms with Crippen LogP contribution in [0.3, 0.4) is 0 Å². The van der Waals surface area contributed by atoms with Crippen molar-refractivity contribution in [2.45, 2.75) is 25.7 Å². The van der Waals surface area contributed by atoms with Crippen LogP contribution in [0, 0.1) is 11.8 Å². The molecule has 0 heterocycles. The minimum atomic E-state index is -0.918. The molecule has 1 aliphatic carbocycles. The maximum absolute atomic E-state index is 12.4. The standard InChI is InChI=1S/C22H20O8/c23-12-20(26)18-11-17(9-10-19(18)25)30-22(28)14-3-1-13(2-4-14)21(27)29-16-7-5-15(24)6-8-16/h5-14,24-25H,1-4H2. The van der Waals surface area contributed by atoms with Crippen LogP contribution in [-0.2, 0) is 14.4 Å². The second-order valence-corrected chi connectivity index (χ2v) is 7.05. The molecule has 8 heteroatoms. The molecular formula is C22H20O8. The molecule has 0 bridgehead atoms. The molecule has 0 aromatic heterocycles. The minimum absolute atomic E-state index is 0.0527. The maximum Gasteiger partial charge on any atom is 0.314 e. The van der Waals surface area contributed by atoms with Crippen molar-refractivity contribution in [2.24, 2.45) is 11.8 Å². The average Bonchev–Trinajstić information content (AvgIpc) is 2.76. The highest BCUT2D eigenvalue weighted by atomic mass is 16.5. The summed E-state index contributed by atoms with van der Waals surface area (Å²) in [6.07, 6.45) is 1.86. The topological polar surface area (TPSA) is 127 Å². The monoisotopic (exact) mass is 412 g/mol. The Morgan fingerprint density at radius 2 is 1.30 bits per heavy atom. The fourth-order valence-corrected chi connectivity index (χ4v) is 3.32. The molecular weight excluding hydrogens is 392 g/mol. The maximum atomic E-state index is 12.4. The zero-order valence-corrected chi connectivity index (χ0v) is 15.9. The number of ether oxygens (including phenoxy) is 2. The summed E-state index contributed by atoms with van der Waals surface area (Å²) in [7, 11) is 0. The molecule has 3 rings (SSSR count). The average molecular weight is 412 g/mol. The number of aldehydes is 1. The number of phenolic OH excluding ortho intramolecular Hbond substituents is 2. The van der Waals surface area contributed by atoms with E-state index < -0.39 is 17.7 Å². The van der Waals surface area contributed by atoms with Crippen molar-refractivity contribution in [2.75, 3.05) is 0 Å². The predicted octanol–water partition coefficient (Wildman–Crippen LogP) is 2.80. The Morgan fingerprint density at radius 3 is 1.83 bits per heavy atom. The van der Waals surface area contributed by atoms with Crippen LogP contribution < -0.4 is 9.47 Å². The Morgan fingerprint density at radius 1 is 0.800 bits per heavy atom. The molecule has 2 aromatic rings. The summed E-state index contributed by atoms with van der Waals surface area (Å²) in [6, 6.07) is 9.49. The zero-order chi connectivity index (χ0) is 21.7. The van der Waals surface area contributed by atoms with Gasteiger partial charge in [-0.25, -0.2) is 0 Å². The lowest BCUT2D eigenvalue weighted by Crippen LogP contribution is -2.30. The number of hydrogen-bond acceptors (Lipinski definition) is 8. The van der Waals surface area contributed by atoms with Gasteiger partial charge >= 0.3 is 11.9 Å². The first-order valence-corrected chi connectivity index (χ1v) is 9.42. The van der Waals surface area contributed by atoms with E-state index in [9.17, 15) is 29.4 Å². The summed E-state index contributed by atoms with van der Waals surface area (Å²) in [5.41, 5.74) is -0.240. The quantitative estimate of drug-likeness (QED) is 0.244. The van der Waals surface area contributed by atoms with Crippen molar-refractivity contribution in [3.05, 3.63) is 48.0 Å². The summed E-state index contributed by atoms with van der Waals surface area (Å²) in [5, 5.41) is 18.9. The molecule has 0 unspecified atom stereocenters. The molecule has 2 N–H and O–H groups in total. The third kappa shape index (κ3) is 5.02. The third-order valence-electron chi connectivity index (χ3n) is 5.01. The van der Waals surface area contributed by atoms with Crippen molar-refractivity contribution in [1.29, 1.82) is 0 Å². The molecule has 0 radical (unpaired) electrons. The van der Waals surface area contributed by atoms with Gasteiger partial charge in [0.05, 0.1) is 17.4 Å². The van der Waals surface area contributed by atoms with Crippen molar-refractivity contribution >= 4 is 24.0 Å². The van der Waals surface area contributed by atoms with E-state index in [1.807, 2.05) is 0 Å². The molecule has 1 saturated carbocycles. The first kappa shape index (κ1) is 21.0. The highest BCUT2D eigenvalue weighted by molar-refractivity contribution is 6.34. The zero-order valence-electron chi connectivity index (χ0n) is 15.9. The SMILES string of the molecule is O=CC(=O)c1cc(OC(=O)C2CCC(C(=O)Oc3ccc(O)cc3)CC2)ccc1O. The highest BCUT2D eigenvalue weighted by Gasteiger charge is 2.32. The van der Waals surface area contributed by atoms with Gasteiger partial charge in [0, 0.05) is 0 Å². The van der Waals surface area contributed by atoms with Crippen LogP contribution in [0.5, 0.6) is 23.0 Å². The minimum Gasteiger partial charge on any atom is -0.508 e. The molecule has 2 aromatic carbocycles. The van der Waals surface area contributed by atoms with Gasteiger partial charge in [-0.3, -0.25) is 19.2 Å². The Labute approximate surface area is 172 Å². The molecule has 8 nitrogen and oxygen atoms in total. The molecule has 0 aliphatic heterocycles. The van der Waals surface area contributed by atoms with Crippen LogP contribution in [0.15, 0.2) is 42.5 Å². The Bertz CT molecular complexity index is 956. The van der Waals surface area contributed by atoms with Gasteiger partial charge in [-0.05, 0) is 68.1 Å². The number of Topliss-reactive ketones (excluding diaryl/α,β-unsaturated/α-hetero) is 1. The number of benzene rings is 2. The van der Waals surface area contributed by atoms with Gasteiger partial charge in [-0.15, -0.1) is 0 Å². The van der Waals surface area contributed by atoms with E-state index in [-0.39, 0.29) is 41.0 Å². The van der Waals surface area contributed by atoms with Crippen LogP contribution in [0.4, 0.5) is 0 Å². The van der Waals surface area contributed by atoms with Crippen LogP contribution in [0.1, 0.15) is 36.0 Å². The van der Waals surface area contributed by atoms with E-state index in [4.69, 9.17) is 9.47 Å². The normalized spacial score (nSPS) is 18.3. The fraction of sp³-hybridized carbons (Fsp3) is 0.273. The van der Waals surface area contributed by atoms with Crippen LogP contribution in [0.2, 0.25) is 0 Å². The lowest BCUT2D eigenvalue weighted by molar-refractivity contribution is -0.145. The Kier molecular flexibility index (Phi) is 6.46. The van der Waals surface area contributed by atoms with Gasteiger partial charge in [0.25, 0.3) is 0 Å². The van der Waals surface area contributed by atoms with Gasteiger partial charge in [-0.1, -0.05) is 0 Å². The largest absolute Gasteiger partial charge is 0.508 e. The molecule has 0 saturated heterocycles. The number of phenols is 2. The number of hydrogen-bond donors (Lipinski definition) is 2. The first-order valence-electron chi connectivity index (χ1n) is 9.42. The molecule has 1 fully saturated rings. The number of rotatable bonds is 6. The number of esters is 2. The summed E-state index contributed by atoms with van der Waals surface area (Å²) in [6.45, 7) is 0. The Hall–Kier alpha value is -3.68. The third-order valence-corrected chi connectivity index (χ3v) is 5.01. The van der Waals surface area contributed by atoms with Crippen LogP contribution in [-0.4, -0.2) is 34.2 Å². The highest BCUT2D eigenvalue weighted by Crippen LogP contribution is 2.32. The summed E-state index contributed by atoms with van der Waals surface area (Å²) < 4.78 is 10.6. The van der Waals surface area contributed by atoms with Gasteiger partial charge in [-0.2, -0.15) is 0 Å². The summed E-state index contributed by atoms with van der Waals surface area (Å²) >= 11 is 0. The summed E-state index contributed by atoms with van der Waals surface area (Å²) in [5.74, 6) is -2.47. The van der Waals surface area contributed by atoms with Crippen LogP contribution in [0.25, 0.3) is 0 Å². The van der Waals surface area contributed by atoms with Crippen molar-refractivity contribution in [3.8, 4) is 23.0 Å². The lowest BCUT2D eigenvalue weighted by atomic mass is 9.82. The number of aromatic hydroxyl groups is 2. The van der Waals surface area contributed by atoms with Crippen molar-refractivity contribution in [1.82, 2.24) is 0 Å². The van der Waals surface area contributed by atoms with E-state index in [0.29, 0.717) is 31.4 Å². The predicted molar refractivity (Wildman–Crippen MR) is 103 cm³/mol. The van der Waals surface area contributed by atoms with Gasteiger partial charge in [0.1, 0.15) is 23.0 Å². The van der Waals surface area contributed by atoms with E-state index in [1.165, 1.54) is 36.4 Å². The fourth-order valence-electron chi connectivity index (χ4n) is 3.32. The van der Waals surface area contributed by atoms with E-state index in [1.54, 1.807) is 0 Å². The molecule has 0 atom stereocenters. The van der Waals surface area contributed by atoms with Gasteiger partial charge < -0.3 is 19.7 Å². The Balaban J connectivity index is 1.54. The smallest absolute Gasteiger partial charge is 0.314 e. The number of carbonyl (C=O) groups is 4.